The Morgan fingerprint density at radius 3 is 1.54 bits per heavy atom. The zero-order chi connectivity index (χ0) is 106. The van der Waals surface area contributed by atoms with E-state index in [1.54, 1.807) is 106 Å². The number of aryl methyl sites for hydroxylation is 1. The summed E-state index contributed by atoms with van der Waals surface area (Å²) in [5, 5.41) is 75.8. The molecule has 11 atom stereocenters. The molecular weight excluding hydrogens is 1930 g/mol. The summed E-state index contributed by atoms with van der Waals surface area (Å²) in [5.41, 5.74) is 8.63. The summed E-state index contributed by atoms with van der Waals surface area (Å²) in [6.07, 6.45) is -2.95. The molecule has 4 aromatic carbocycles. The molecule has 0 aliphatic rings. The number of primary amides is 1. The van der Waals surface area contributed by atoms with Crippen molar-refractivity contribution in [2.75, 3.05) is 138 Å². The Morgan fingerprint density at radius 1 is 0.538 bits per heavy atom. The lowest BCUT2D eigenvalue weighted by atomic mass is 9.88. The third kappa shape index (κ3) is 52.4. The molecule has 0 saturated carbocycles. The maximum absolute atomic E-state index is 14.6. The molecule has 6 aromatic rings. The number of Topliss-reactive ketones (excluding diaryl/α,β-unsaturated/α-hetero) is 1. The van der Waals surface area contributed by atoms with Crippen molar-refractivity contribution in [2.45, 2.75) is 213 Å². The standard InChI is InChI=1S/C61H80ClN9O13.C18H29N3O6S2.C11H21NO7.C7H16O4/c1-8-47(35-72)84-52(81-7)37-83-61(80)66-30-27-46(73)33-49(38(2)3)55(74)69-50(16-12-28-64-59(63)78)56(75)67-45-24-19-42(20-25-45)36-82-60(79)65-29-13-31-70(57(76)43-21-17-40(6)18-22-43)53(39(4)5)54-68-51-32-44(62)23-26-48(51)58(77)71(54)34-41-14-10-9-11-15-41;1-3-14(12-22)27-17(25-2)13-26-18(24)21-9-7-15(23)19-10-11-28-29-16-6-4-5-8-20-16;1-3-8(6-13)19-10(17-2)7-18-11(16)12-5-4-9(14)15;1-3-6(4-8)11-7(5-9)10-2/h9-11,14-15,17-26,32,38-39,47,49-50,52-53,72H,8,12-13,16,27-31,33-37H2,1-7H3,(H,65,79)(H,66,80)(H,67,75)(H,69,74)(H3,63,64,78);4-6,8,14,17,22H,3,7,9-13H2,1-2H3,(H,19,23)(H,21,24);8,10,13H,3-7H2,1-2H3,(H,12,16)(H,14,15);6-9H,3-5H2,1-2H3/t47?,49-,50-,52?,53-;;;/m1.../s1. The van der Waals surface area contributed by atoms with E-state index in [1.807, 2.05) is 109 Å². The molecule has 0 aliphatic heterocycles. The zero-order valence-corrected chi connectivity index (χ0v) is 86.0. The Morgan fingerprint density at radius 2 is 1.05 bits per heavy atom. The number of methoxy groups -OCH3 is 4. The Labute approximate surface area is 847 Å². The molecule has 10 amide bonds. The second kappa shape index (κ2) is 74.0. The molecule has 16 N–H and O–H groups in total. The molecule has 0 bridgehead atoms. The quantitative estimate of drug-likeness (QED) is 0.00732. The summed E-state index contributed by atoms with van der Waals surface area (Å²) in [5.74, 6) is -3.10. The van der Waals surface area contributed by atoms with Crippen LogP contribution in [0.25, 0.3) is 10.9 Å². The van der Waals surface area contributed by atoms with Gasteiger partial charge in [0.2, 0.25) is 17.7 Å². The number of nitrogens with zero attached hydrogens (tertiary/aromatic N) is 4. The molecule has 2 aromatic heterocycles. The van der Waals surface area contributed by atoms with Gasteiger partial charge in [0.15, 0.2) is 25.2 Å². The molecule has 0 fully saturated rings. The number of carboxylic acids is 1. The summed E-state index contributed by atoms with van der Waals surface area (Å²) in [6.45, 7) is 16.7. The van der Waals surface area contributed by atoms with Crippen LogP contribution in [-0.4, -0.2) is 304 Å². The second-order valence-electron chi connectivity index (χ2n) is 32.6. The summed E-state index contributed by atoms with van der Waals surface area (Å²) < 4.78 is 63.4. The topological polar surface area (TPSA) is 593 Å². The van der Waals surface area contributed by atoms with E-state index in [0.29, 0.717) is 77.2 Å². The number of aliphatic hydroxyl groups is 5. The number of halogens is 1. The molecule has 2 heterocycles. The number of pyridine rings is 1. The molecule has 0 aliphatic carbocycles. The molecule has 43 nitrogen and oxygen atoms in total. The number of carbonyl (C=O) groups is 11. The normalized spacial score (nSPS) is 13.3. The number of hydrogen-bond acceptors (Lipinski definition) is 33. The van der Waals surface area contributed by atoms with Crippen molar-refractivity contribution in [2.24, 2.45) is 23.5 Å². The molecule has 143 heavy (non-hydrogen) atoms. The van der Waals surface area contributed by atoms with Gasteiger partial charge in [0.25, 0.3) is 11.5 Å². The van der Waals surface area contributed by atoms with Gasteiger partial charge in [-0.05, 0) is 140 Å². The fraction of sp³-hybridized carbons (Fsp3) is 0.567. The number of aliphatic hydroxyl groups excluding tert-OH is 5. The maximum Gasteiger partial charge on any atom is 0.407 e. The smallest absolute Gasteiger partial charge is 0.407 e. The lowest BCUT2D eigenvalue weighted by molar-refractivity contribution is -0.181. The Kier molecular flexibility index (Phi) is 65.3. The highest BCUT2D eigenvalue weighted by molar-refractivity contribution is 8.76. The first-order valence-electron chi connectivity index (χ1n) is 47.1. The van der Waals surface area contributed by atoms with Crippen LogP contribution in [0.5, 0.6) is 0 Å². The molecule has 0 radical (unpaired) electrons. The highest BCUT2D eigenvalue weighted by Crippen LogP contribution is 2.32. The first-order chi connectivity index (χ1) is 68.6. The first kappa shape index (κ1) is 126. The predicted octanol–water partition coefficient (Wildman–Crippen LogP) is 9.04. The second-order valence-corrected chi connectivity index (χ2v) is 35.4. The van der Waals surface area contributed by atoms with Gasteiger partial charge in [-0.25, -0.2) is 33.9 Å². The number of alkyl carbamates (subject to hydrolysis) is 4. The van der Waals surface area contributed by atoms with Crippen molar-refractivity contribution in [1.29, 1.82) is 0 Å². The average molecular weight is 2070 g/mol. The number of anilines is 1. The van der Waals surface area contributed by atoms with Crippen LogP contribution in [0.1, 0.15) is 165 Å². The number of ether oxygens (including phenoxy) is 12. The van der Waals surface area contributed by atoms with E-state index in [4.69, 9.17) is 105 Å². The lowest BCUT2D eigenvalue weighted by Crippen LogP contribution is -2.47. The number of benzene rings is 4. The van der Waals surface area contributed by atoms with Gasteiger partial charge in [0.1, 0.15) is 49.1 Å². The van der Waals surface area contributed by atoms with Crippen LogP contribution < -0.4 is 53.8 Å². The van der Waals surface area contributed by atoms with Gasteiger partial charge in [-0.2, -0.15) is 0 Å². The number of nitrogens with one attached hydrogen (secondary N) is 8. The van der Waals surface area contributed by atoms with Crippen molar-refractivity contribution in [3.05, 3.63) is 165 Å². The molecule has 0 saturated heterocycles. The van der Waals surface area contributed by atoms with Crippen molar-refractivity contribution in [3.8, 4) is 0 Å². The van der Waals surface area contributed by atoms with E-state index < -0.39 is 97.5 Å². The van der Waals surface area contributed by atoms with Crippen LogP contribution in [0, 0.1) is 24.7 Å². The van der Waals surface area contributed by atoms with E-state index in [1.165, 1.54) is 28.4 Å². The van der Waals surface area contributed by atoms with Crippen LogP contribution in [0.2, 0.25) is 5.02 Å². The van der Waals surface area contributed by atoms with Gasteiger partial charge in [-0.1, -0.05) is 144 Å². The Balaban J connectivity index is 0.000000713. The summed E-state index contributed by atoms with van der Waals surface area (Å²) in [4.78, 5) is 162. The fourth-order valence-electron chi connectivity index (χ4n) is 12.8. The van der Waals surface area contributed by atoms with Crippen molar-refractivity contribution < 1.29 is 140 Å². The molecule has 8 unspecified atom stereocenters. The number of carbonyl (C=O) groups excluding carboxylic acids is 10. The van der Waals surface area contributed by atoms with Gasteiger partial charge in [-0.3, -0.25) is 38.1 Å². The number of amides is 10. The predicted molar refractivity (Wildman–Crippen MR) is 535 cm³/mol. The Hall–Kier alpha value is -11.0. The van der Waals surface area contributed by atoms with Crippen molar-refractivity contribution in [3.63, 3.8) is 0 Å². The average Bonchev–Trinajstić information content (AvgIpc) is 0.757. The van der Waals surface area contributed by atoms with Gasteiger partial charge in [0.05, 0.1) is 87.4 Å². The van der Waals surface area contributed by atoms with Crippen LogP contribution >= 0.6 is 33.2 Å². The van der Waals surface area contributed by atoms with E-state index in [9.17, 15) is 62.6 Å². The molecule has 798 valence electrons. The van der Waals surface area contributed by atoms with E-state index in [0.717, 1.165) is 21.9 Å². The number of fused-ring (bicyclic) bond motifs is 1. The minimum atomic E-state index is -1.09. The first-order valence-corrected chi connectivity index (χ1v) is 49.8. The van der Waals surface area contributed by atoms with Crippen LogP contribution in [-0.2, 0) is 94.0 Å². The third-order valence-electron chi connectivity index (χ3n) is 21.0. The van der Waals surface area contributed by atoms with Gasteiger partial charge < -0.3 is 141 Å². The lowest BCUT2D eigenvalue weighted by Gasteiger charge is -2.35. The summed E-state index contributed by atoms with van der Waals surface area (Å²) in [6, 6.07) is 31.4. The number of aromatic nitrogens is 3. The van der Waals surface area contributed by atoms with E-state index in [2.05, 4.69) is 47.5 Å². The largest absolute Gasteiger partial charge is 0.481 e. The number of rotatable bonds is 64. The minimum absolute atomic E-state index is 0.0130. The van der Waals surface area contributed by atoms with Gasteiger partial charge in [0, 0.05) is 128 Å². The Bertz CT molecular complexity index is 4710. The molecule has 46 heteroatoms. The van der Waals surface area contributed by atoms with Gasteiger partial charge >= 0.3 is 36.4 Å². The SMILES string of the molecule is CCC(CO)OC(CO)OC.CCC(CO)OC(COC(=O)NCCC(=O)C[C@@H](C(=O)N[C@H](CCCNC(N)=O)C(=O)Nc1ccc(COC(=O)NCCCN(C(=O)c2ccc(C)cc2)[C@@H](c2nc3cc(Cl)ccc3c(=O)n2Cc2ccccc2)C(C)C)cc1)C(C)C)OC.CCC(CO)OC(COC(=O)NCCC(=O)NCCSSc1ccccn1)OC.CCC(CO)OC(COC(=O)NCCC(=O)O)OC. The number of nitrogens with two attached hydrogens (primary N) is 1. The van der Waals surface area contributed by atoms with Crippen LogP contribution in [0.3, 0.4) is 0 Å². The minimum Gasteiger partial charge on any atom is -0.481 e. The summed E-state index contributed by atoms with van der Waals surface area (Å²) >= 11 is 6.42. The van der Waals surface area contributed by atoms with E-state index in [-0.39, 0.29) is 197 Å². The summed E-state index contributed by atoms with van der Waals surface area (Å²) in [7, 11) is 8.79. The zero-order valence-electron chi connectivity index (χ0n) is 83.6. The van der Waals surface area contributed by atoms with Crippen molar-refractivity contribution >= 4 is 116 Å². The molecule has 6 rings (SSSR count). The van der Waals surface area contributed by atoms with Crippen LogP contribution in [0.15, 0.2) is 131 Å². The highest BCUT2D eigenvalue weighted by atomic mass is 35.5. The number of carboxylic acid groups (broad SMARTS) is 1. The number of aliphatic carboxylic acids is 1. The molecular formula is C97H146ClN13O30S2. The fourth-order valence-corrected chi connectivity index (χ4v) is 14.8. The maximum atomic E-state index is 14.6. The molecule has 0 spiro atoms. The number of hydrogen-bond donors (Lipinski definition) is 15. The van der Waals surface area contributed by atoms with E-state index >= 15 is 0 Å². The highest BCUT2D eigenvalue weighted by Gasteiger charge is 2.35. The third-order valence-corrected chi connectivity index (χ3v) is 23.5. The van der Waals surface area contributed by atoms with Gasteiger partial charge in [-0.15, -0.1) is 0 Å². The number of ketones is 1. The monoisotopic (exact) mass is 2070 g/mol. The van der Waals surface area contributed by atoms with Crippen LogP contribution in [0.4, 0.5) is 29.7 Å². The van der Waals surface area contributed by atoms with Crippen molar-refractivity contribution in [1.82, 2.24) is 56.7 Å². The number of urea groups is 1.